The predicted octanol–water partition coefficient (Wildman–Crippen LogP) is 2.91. The smallest absolute Gasteiger partial charge is 0.306 e. The minimum Gasteiger partial charge on any atom is -0.460 e. The molecule has 1 aliphatic rings. The van der Waals surface area contributed by atoms with Gasteiger partial charge in [0.15, 0.2) is 0 Å². The van der Waals surface area contributed by atoms with Crippen molar-refractivity contribution in [2.45, 2.75) is 78.0 Å². The number of quaternary nitrogens is 1. The van der Waals surface area contributed by atoms with Gasteiger partial charge >= 0.3 is 5.97 Å². The Morgan fingerprint density at radius 1 is 1.13 bits per heavy atom. The van der Waals surface area contributed by atoms with Gasteiger partial charge in [-0.05, 0) is 60.3 Å². The highest BCUT2D eigenvalue weighted by molar-refractivity contribution is 5.70. The Morgan fingerprint density at radius 3 is 2.13 bits per heavy atom. The quantitative estimate of drug-likeness (QED) is 0.478. The van der Waals surface area contributed by atoms with Crippen molar-refractivity contribution in [3.8, 4) is 0 Å². The number of carbonyl (C=O) groups excluding carboxylic acids is 1. The van der Waals surface area contributed by atoms with Crippen LogP contribution in [0.4, 0.5) is 0 Å². The van der Waals surface area contributed by atoms with Crippen LogP contribution in [0.3, 0.4) is 0 Å². The van der Waals surface area contributed by atoms with E-state index < -0.39 is 5.60 Å². The lowest BCUT2D eigenvalue weighted by atomic mass is 10.0. The van der Waals surface area contributed by atoms with E-state index in [1.54, 1.807) is 0 Å². The van der Waals surface area contributed by atoms with E-state index in [1.807, 2.05) is 34.9 Å². The summed E-state index contributed by atoms with van der Waals surface area (Å²) in [5.74, 6) is 0.116. The molecule has 1 rings (SSSR count). The zero-order chi connectivity index (χ0) is 18.1. The molecule has 0 aliphatic heterocycles. The van der Waals surface area contributed by atoms with Gasteiger partial charge in [0.2, 0.25) is 0 Å². The first kappa shape index (κ1) is 20.4. The van der Waals surface area contributed by atoms with Gasteiger partial charge in [-0.15, -0.1) is 0 Å². The van der Waals surface area contributed by atoms with Crippen molar-refractivity contribution in [2.24, 2.45) is 11.8 Å². The van der Waals surface area contributed by atoms with Crippen molar-refractivity contribution in [2.75, 3.05) is 20.7 Å². The second kappa shape index (κ2) is 7.08. The highest BCUT2D eigenvalue weighted by Crippen LogP contribution is 2.38. The molecule has 5 heteroatoms. The van der Waals surface area contributed by atoms with Crippen molar-refractivity contribution in [1.82, 2.24) is 0 Å². The number of hydrogen-bond acceptors (Lipinski definition) is 4. The third-order valence-corrected chi connectivity index (χ3v) is 4.85. The normalized spacial score (nSPS) is 26.4. The van der Waals surface area contributed by atoms with E-state index in [4.69, 9.17) is 9.57 Å². The maximum atomic E-state index is 12.2. The van der Waals surface area contributed by atoms with Gasteiger partial charge in [0, 0.05) is 12.5 Å². The Morgan fingerprint density at radius 2 is 1.70 bits per heavy atom. The van der Waals surface area contributed by atoms with E-state index >= 15 is 0 Å². The molecule has 5 nitrogen and oxygen atoms in total. The van der Waals surface area contributed by atoms with E-state index in [0.717, 1.165) is 12.8 Å². The van der Waals surface area contributed by atoms with E-state index in [-0.39, 0.29) is 36.1 Å². The molecule has 0 aromatic rings. The molecule has 0 spiro atoms. The Hall–Kier alpha value is -0.650. The zero-order valence-electron chi connectivity index (χ0n) is 16.2. The summed E-state index contributed by atoms with van der Waals surface area (Å²) in [5, 5.41) is 9.50. The third-order valence-electron chi connectivity index (χ3n) is 4.85. The van der Waals surface area contributed by atoms with Crippen molar-refractivity contribution in [3.05, 3.63) is 0 Å². The fraction of sp³-hybridized carbons (Fsp3) is 0.944. The van der Waals surface area contributed by atoms with Crippen molar-refractivity contribution < 1.29 is 24.1 Å². The molecule has 3 atom stereocenters. The number of hydroxylamine groups is 3. The number of hydrogen-bond donors (Lipinski definition) is 1. The molecule has 1 fully saturated rings. The molecule has 136 valence electrons. The lowest BCUT2D eigenvalue weighted by molar-refractivity contribution is -1.12. The molecule has 0 radical (unpaired) electrons. The fourth-order valence-corrected chi connectivity index (χ4v) is 2.78. The summed E-state index contributed by atoms with van der Waals surface area (Å²) in [7, 11) is 4.08. The molecule has 0 heterocycles. The highest BCUT2D eigenvalue weighted by atomic mass is 16.7. The molecule has 0 saturated heterocycles. The van der Waals surface area contributed by atoms with Gasteiger partial charge in [-0.3, -0.25) is 4.79 Å². The Kier molecular flexibility index (Phi) is 6.27. The van der Waals surface area contributed by atoms with Crippen LogP contribution in [-0.2, 0) is 14.4 Å². The van der Waals surface area contributed by atoms with Gasteiger partial charge in [-0.25, -0.2) is 0 Å². The van der Waals surface area contributed by atoms with Crippen molar-refractivity contribution in [1.29, 1.82) is 0 Å². The van der Waals surface area contributed by atoms with Crippen LogP contribution in [0, 0.1) is 11.8 Å². The first-order chi connectivity index (χ1) is 10.2. The highest BCUT2D eigenvalue weighted by Gasteiger charge is 2.44. The molecule has 0 aromatic carbocycles. The Bertz CT molecular complexity index is 406. The van der Waals surface area contributed by atoms with Crippen LogP contribution in [0.15, 0.2) is 0 Å². The van der Waals surface area contributed by atoms with Gasteiger partial charge in [0.1, 0.15) is 17.2 Å². The topological polar surface area (TPSA) is 55.8 Å². The molecule has 1 saturated carbocycles. The van der Waals surface area contributed by atoms with E-state index in [1.165, 1.54) is 0 Å². The van der Waals surface area contributed by atoms with E-state index in [9.17, 15) is 9.90 Å². The molecular formula is C18H36NO4+. The first-order valence-electron chi connectivity index (χ1n) is 8.60. The molecule has 23 heavy (non-hydrogen) atoms. The second-order valence-electron chi connectivity index (χ2n) is 9.24. The van der Waals surface area contributed by atoms with Crippen LogP contribution < -0.4 is 0 Å². The maximum Gasteiger partial charge on any atom is 0.306 e. The maximum absolute atomic E-state index is 12.2. The van der Waals surface area contributed by atoms with E-state index in [0.29, 0.717) is 11.1 Å². The minimum absolute atomic E-state index is 0.0334. The summed E-state index contributed by atoms with van der Waals surface area (Å²) in [5.41, 5.74) is -0.531. The van der Waals surface area contributed by atoms with Crippen LogP contribution in [0.1, 0.15) is 60.8 Å². The van der Waals surface area contributed by atoms with Gasteiger partial charge < -0.3 is 9.84 Å². The van der Waals surface area contributed by atoms with Crippen LogP contribution in [0.25, 0.3) is 0 Å². The average molecular weight is 330 g/mol. The summed E-state index contributed by atoms with van der Waals surface area (Å²) in [6.07, 6.45) is 1.92. The molecule has 1 N–H and O–H groups in total. The van der Waals surface area contributed by atoms with E-state index in [2.05, 4.69) is 20.8 Å². The van der Waals surface area contributed by atoms with Crippen LogP contribution >= 0.6 is 0 Å². The number of carbonyl (C=O) groups is 1. The number of ether oxygens (including phenoxy) is 1. The van der Waals surface area contributed by atoms with Gasteiger partial charge in [0.25, 0.3) is 0 Å². The monoisotopic (exact) mass is 330 g/mol. The predicted molar refractivity (Wildman–Crippen MR) is 90.5 cm³/mol. The number of nitrogens with zero attached hydrogens (tertiary/aromatic N) is 1. The fourth-order valence-electron chi connectivity index (χ4n) is 2.78. The molecule has 3 unspecified atom stereocenters. The van der Waals surface area contributed by atoms with Crippen LogP contribution in [-0.4, -0.2) is 53.7 Å². The number of rotatable bonds is 5. The number of aliphatic hydroxyl groups excluding tert-OH is 1. The molecule has 0 bridgehead atoms. The lowest BCUT2D eigenvalue weighted by Crippen LogP contribution is -2.56. The average Bonchev–Trinajstić information content (AvgIpc) is 2.66. The summed E-state index contributed by atoms with van der Waals surface area (Å²) in [6, 6.07) is 0. The first-order valence-corrected chi connectivity index (χ1v) is 8.60. The summed E-state index contributed by atoms with van der Waals surface area (Å²) in [4.78, 5) is 18.5. The van der Waals surface area contributed by atoms with Crippen molar-refractivity contribution in [3.63, 3.8) is 0 Å². The lowest BCUT2D eigenvalue weighted by Gasteiger charge is -2.41. The summed E-state index contributed by atoms with van der Waals surface area (Å²) >= 11 is 0. The molecule has 0 aromatic heterocycles. The SMILES string of the molecule is CC(C)(C)OC(=O)CC1CC(CO)CC1O[N+](C)(C)C(C)(C)C. The molecular weight excluding hydrogens is 294 g/mol. The zero-order valence-corrected chi connectivity index (χ0v) is 16.2. The van der Waals surface area contributed by atoms with Crippen molar-refractivity contribution >= 4 is 5.97 Å². The second-order valence-corrected chi connectivity index (χ2v) is 9.24. The van der Waals surface area contributed by atoms with Crippen LogP contribution in [0.2, 0.25) is 0 Å². The standard InChI is InChI=1S/C18H36NO4/c1-17(2,3)19(7,8)23-15-10-13(12-20)9-14(15)11-16(21)22-18(4,5)6/h13-15,20H,9-12H2,1-8H3/q+1. The Balaban J connectivity index is 2.77. The largest absolute Gasteiger partial charge is 0.460 e. The summed E-state index contributed by atoms with van der Waals surface area (Å²) in [6.45, 7) is 12.2. The van der Waals surface area contributed by atoms with Crippen LogP contribution in [0.5, 0.6) is 0 Å². The molecule has 1 aliphatic carbocycles. The summed E-state index contributed by atoms with van der Waals surface area (Å²) < 4.78 is 5.87. The number of esters is 1. The molecule has 0 amide bonds. The Labute approximate surface area is 141 Å². The van der Waals surface area contributed by atoms with Gasteiger partial charge in [-0.2, -0.15) is 9.48 Å². The number of aliphatic hydroxyl groups is 1. The van der Waals surface area contributed by atoms with Gasteiger partial charge in [-0.1, -0.05) is 0 Å². The minimum atomic E-state index is -0.469. The van der Waals surface area contributed by atoms with Gasteiger partial charge in [0.05, 0.1) is 20.5 Å². The third kappa shape index (κ3) is 6.05.